The topological polar surface area (TPSA) is 44.9 Å². The Labute approximate surface area is 152 Å². The number of aromatic nitrogens is 1. The van der Waals surface area contributed by atoms with Crippen LogP contribution < -0.4 is 5.32 Å². The number of fused-ring (bicyclic) bond motifs is 3. The fourth-order valence-electron chi connectivity index (χ4n) is 3.71. The number of hydrogen-bond acceptors (Lipinski definition) is 1. The summed E-state index contributed by atoms with van der Waals surface area (Å²) in [5.41, 5.74) is 5.03. The molecule has 0 fully saturated rings. The van der Waals surface area contributed by atoms with Gasteiger partial charge in [0.25, 0.3) is 0 Å². The van der Waals surface area contributed by atoms with E-state index in [0.717, 1.165) is 36.3 Å². The van der Waals surface area contributed by atoms with Crippen molar-refractivity contribution in [1.82, 2.24) is 10.3 Å². The molecule has 3 aromatic rings. The zero-order valence-electron chi connectivity index (χ0n) is 14.0. The summed E-state index contributed by atoms with van der Waals surface area (Å²) in [5, 5.41) is 5.25. The third-order valence-corrected chi connectivity index (χ3v) is 5.27. The number of aryl methyl sites for hydroxylation is 2. The predicted molar refractivity (Wildman–Crippen MR) is 102 cm³/mol. The predicted octanol–water partition coefficient (Wildman–Crippen LogP) is 4.43. The second kappa shape index (κ2) is 6.93. The van der Waals surface area contributed by atoms with Gasteiger partial charge >= 0.3 is 0 Å². The smallest absolute Gasteiger partial charge is 0.220 e. The quantitative estimate of drug-likeness (QED) is 0.717. The number of carbonyl (C=O) groups excluding carboxylic acids is 1. The van der Waals surface area contributed by atoms with Crippen molar-refractivity contribution in [3.63, 3.8) is 0 Å². The van der Waals surface area contributed by atoms with E-state index in [1.165, 1.54) is 22.2 Å². The van der Waals surface area contributed by atoms with Gasteiger partial charge in [0.1, 0.15) is 0 Å². The molecule has 1 unspecified atom stereocenters. The molecule has 0 saturated carbocycles. The highest BCUT2D eigenvalue weighted by molar-refractivity contribution is 6.30. The van der Waals surface area contributed by atoms with Gasteiger partial charge in [0.05, 0.1) is 0 Å². The summed E-state index contributed by atoms with van der Waals surface area (Å²) in [7, 11) is 0. The van der Waals surface area contributed by atoms with Crippen LogP contribution in [0.4, 0.5) is 0 Å². The zero-order chi connectivity index (χ0) is 17.2. The standard InChI is InChI=1S/C21H21ClN2O/c22-15-8-5-14(6-9-15)7-12-21(25)23-16-10-11-18-17-3-1-2-4-19(17)24-20(18)13-16/h1-6,8-9,16,24H,7,10-13H2,(H,23,25). The first-order valence-corrected chi connectivity index (χ1v) is 9.19. The van der Waals surface area contributed by atoms with Gasteiger partial charge in [-0.2, -0.15) is 0 Å². The molecule has 0 spiro atoms. The lowest BCUT2D eigenvalue weighted by Crippen LogP contribution is -2.38. The molecule has 1 aliphatic rings. The van der Waals surface area contributed by atoms with Crippen LogP contribution in [0.1, 0.15) is 29.7 Å². The third kappa shape index (κ3) is 3.57. The maximum atomic E-state index is 12.3. The van der Waals surface area contributed by atoms with Gasteiger partial charge in [-0.15, -0.1) is 0 Å². The van der Waals surface area contributed by atoms with E-state index in [2.05, 4.69) is 34.6 Å². The number of benzene rings is 2. The minimum Gasteiger partial charge on any atom is -0.358 e. The van der Waals surface area contributed by atoms with Crippen molar-refractivity contribution in [2.45, 2.75) is 38.1 Å². The molecule has 2 N–H and O–H groups in total. The Balaban J connectivity index is 1.35. The fraction of sp³-hybridized carbons (Fsp3) is 0.286. The molecule has 4 heteroatoms. The minimum atomic E-state index is 0.125. The van der Waals surface area contributed by atoms with Crippen molar-refractivity contribution in [3.8, 4) is 0 Å². The monoisotopic (exact) mass is 352 g/mol. The Kier molecular flexibility index (Phi) is 4.50. The van der Waals surface area contributed by atoms with Gasteiger partial charge in [-0.25, -0.2) is 0 Å². The Hall–Kier alpha value is -2.26. The van der Waals surface area contributed by atoms with Gasteiger partial charge in [0.15, 0.2) is 0 Å². The number of hydrogen-bond donors (Lipinski definition) is 2. The molecular formula is C21H21ClN2O. The van der Waals surface area contributed by atoms with E-state index >= 15 is 0 Å². The molecule has 1 heterocycles. The van der Waals surface area contributed by atoms with Crippen LogP contribution in [0.25, 0.3) is 10.9 Å². The molecular weight excluding hydrogens is 332 g/mol. The van der Waals surface area contributed by atoms with E-state index < -0.39 is 0 Å². The maximum Gasteiger partial charge on any atom is 0.220 e. The van der Waals surface area contributed by atoms with Crippen molar-refractivity contribution in [1.29, 1.82) is 0 Å². The van der Waals surface area contributed by atoms with Crippen molar-refractivity contribution < 1.29 is 4.79 Å². The van der Waals surface area contributed by atoms with Crippen molar-refractivity contribution in [2.75, 3.05) is 0 Å². The summed E-state index contributed by atoms with van der Waals surface area (Å²) in [4.78, 5) is 15.8. The molecule has 0 bridgehead atoms. The summed E-state index contributed by atoms with van der Waals surface area (Å²) in [6.07, 6.45) is 4.16. The van der Waals surface area contributed by atoms with Gasteiger partial charge in [-0.3, -0.25) is 4.79 Å². The van der Waals surface area contributed by atoms with Gasteiger partial charge in [0, 0.05) is 40.5 Å². The number of H-pyrrole nitrogens is 1. The molecule has 0 saturated heterocycles. The van der Waals surface area contributed by atoms with Gasteiger partial charge in [-0.1, -0.05) is 41.9 Å². The van der Waals surface area contributed by atoms with E-state index in [4.69, 9.17) is 11.6 Å². The highest BCUT2D eigenvalue weighted by Gasteiger charge is 2.23. The number of halogens is 1. The SMILES string of the molecule is O=C(CCc1ccc(Cl)cc1)NC1CCc2c([nH]c3ccccc23)C1. The van der Waals surface area contributed by atoms with Gasteiger partial charge in [0.2, 0.25) is 5.91 Å². The second-order valence-electron chi connectivity index (χ2n) is 6.76. The molecule has 128 valence electrons. The number of rotatable bonds is 4. The maximum absolute atomic E-state index is 12.3. The van der Waals surface area contributed by atoms with E-state index in [1.807, 2.05) is 24.3 Å². The molecule has 1 amide bonds. The van der Waals surface area contributed by atoms with E-state index in [0.29, 0.717) is 6.42 Å². The average molecular weight is 353 g/mol. The number of aromatic amines is 1. The normalized spacial score (nSPS) is 16.6. The van der Waals surface area contributed by atoms with Crippen LogP contribution in [0.15, 0.2) is 48.5 Å². The largest absolute Gasteiger partial charge is 0.358 e. The highest BCUT2D eigenvalue weighted by Crippen LogP contribution is 2.29. The summed E-state index contributed by atoms with van der Waals surface area (Å²) in [6, 6.07) is 16.4. The highest BCUT2D eigenvalue weighted by atomic mass is 35.5. The molecule has 4 rings (SSSR count). The number of amides is 1. The summed E-state index contributed by atoms with van der Waals surface area (Å²) >= 11 is 5.89. The summed E-state index contributed by atoms with van der Waals surface area (Å²) in [5.74, 6) is 0.125. The molecule has 1 aromatic heterocycles. The fourth-order valence-corrected chi connectivity index (χ4v) is 3.84. The van der Waals surface area contributed by atoms with E-state index in [-0.39, 0.29) is 11.9 Å². The van der Waals surface area contributed by atoms with Crippen LogP contribution in [0.5, 0.6) is 0 Å². The lowest BCUT2D eigenvalue weighted by Gasteiger charge is -2.23. The van der Waals surface area contributed by atoms with Crippen LogP contribution in [0.3, 0.4) is 0 Å². The second-order valence-corrected chi connectivity index (χ2v) is 7.20. The first-order chi connectivity index (χ1) is 12.2. The molecule has 3 nitrogen and oxygen atoms in total. The molecule has 0 aliphatic heterocycles. The summed E-state index contributed by atoms with van der Waals surface area (Å²) in [6.45, 7) is 0. The van der Waals surface area contributed by atoms with E-state index in [1.54, 1.807) is 0 Å². The van der Waals surface area contributed by atoms with Crippen molar-refractivity contribution in [2.24, 2.45) is 0 Å². The zero-order valence-corrected chi connectivity index (χ0v) is 14.8. The first kappa shape index (κ1) is 16.2. The van der Waals surface area contributed by atoms with Crippen LogP contribution in [-0.2, 0) is 24.1 Å². The molecule has 1 atom stereocenters. The average Bonchev–Trinajstić information content (AvgIpc) is 2.99. The van der Waals surface area contributed by atoms with Gasteiger partial charge in [-0.05, 0) is 48.6 Å². The third-order valence-electron chi connectivity index (χ3n) is 5.01. The Bertz CT molecular complexity index is 898. The molecule has 1 aliphatic carbocycles. The van der Waals surface area contributed by atoms with Crippen LogP contribution in [0, 0.1) is 0 Å². The Morgan fingerprint density at radius 2 is 1.96 bits per heavy atom. The van der Waals surface area contributed by atoms with Crippen LogP contribution in [-0.4, -0.2) is 16.9 Å². The Morgan fingerprint density at radius 3 is 2.80 bits per heavy atom. The number of para-hydroxylation sites is 1. The van der Waals surface area contributed by atoms with Gasteiger partial charge < -0.3 is 10.3 Å². The van der Waals surface area contributed by atoms with Crippen molar-refractivity contribution in [3.05, 3.63) is 70.4 Å². The number of nitrogens with one attached hydrogen (secondary N) is 2. The van der Waals surface area contributed by atoms with E-state index in [9.17, 15) is 4.79 Å². The lowest BCUT2D eigenvalue weighted by molar-refractivity contribution is -0.121. The van der Waals surface area contributed by atoms with Crippen LogP contribution >= 0.6 is 11.6 Å². The summed E-state index contributed by atoms with van der Waals surface area (Å²) < 4.78 is 0. The van der Waals surface area contributed by atoms with Crippen molar-refractivity contribution >= 4 is 28.4 Å². The molecule has 2 aromatic carbocycles. The lowest BCUT2D eigenvalue weighted by atomic mass is 9.91. The first-order valence-electron chi connectivity index (χ1n) is 8.81. The molecule has 0 radical (unpaired) electrons. The van der Waals surface area contributed by atoms with Crippen LogP contribution in [0.2, 0.25) is 5.02 Å². The minimum absolute atomic E-state index is 0.125. The Morgan fingerprint density at radius 1 is 1.16 bits per heavy atom. The number of carbonyl (C=O) groups is 1. The molecule has 25 heavy (non-hydrogen) atoms.